The van der Waals surface area contributed by atoms with E-state index in [1.807, 2.05) is 42.5 Å². The van der Waals surface area contributed by atoms with Crippen LogP contribution in [0.5, 0.6) is 0 Å². The van der Waals surface area contributed by atoms with Gasteiger partial charge in [0.2, 0.25) is 5.91 Å². The number of rotatable bonds is 7. The third-order valence-electron chi connectivity index (χ3n) is 11.1. The quantitative estimate of drug-likeness (QED) is 0.150. The number of pyridine rings is 1. The molecule has 1 unspecified atom stereocenters. The average Bonchev–Trinajstić information content (AvgIpc) is 3.60. The first-order valence-corrected chi connectivity index (χ1v) is 18.4. The van der Waals surface area contributed by atoms with Crippen LogP contribution in [0.25, 0.3) is 27.4 Å². The zero-order valence-corrected chi connectivity index (χ0v) is 30.3. The van der Waals surface area contributed by atoms with Crippen LogP contribution in [-0.4, -0.2) is 58.1 Å². The van der Waals surface area contributed by atoms with E-state index in [1.54, 1.807) is 41.7 Å². The SMILES string of the molecule is Cc1cc2c(N3CCCc4cc(/C(C=NC5CCN(c6ccc7c(cnn7C7CCC(=O)NC7=O)c6)CC5)=C/N)c(C(F)F)cc43)cccc2n(C)c1=O. The molecule has 2 amide bonds. The Morgan fingerprint density at radius 2 is 1.80 bits per heavy atom. The summed E-state index contributed by atoms with van der Waals surface area (Å²) < 4.78 is 33.0. The van der Waals surface area contributed by atoms with Gasteiger partial charge in [0.25, 0.3) is 17.9 Å². The number of benzene rings is 3. The molecule has 5 heterocycles. The van der Waals surface area contributed by atoms with E-state index < -0.39 is 12.5 Å². The number of anilines is 3. The molecule has 3 aliphatic rings. The van der Waals surface area contributed by atoms with Crippen LogP contribution in [0.3, 0.4) is 0 Å². The summed E-state index contributed by atoms with van der Waals surface area (Å²) in [5.41, 5.74) is 12.7. The molecule has 2 fully saturated rings. The molecule has 0 saturated carbocycles. The number of nitrogens with one attached hydrogen (secondary N) is 1. The minimum Gasteiger partial charge on any atom is -0.404 e. The highest BCUT2D eigenvalue weighted by atomic mass is 19.3. The topological polar surface area (TPSA) is 131 Å². The van der Waals surface area contributed by atoms with Gasteiger partial charge in [0, 0.05) is 84.4 Å². The number of fused-ring (bicyclic) bond motifs is 3. The van der Waals surface area contributed by atoms with Crippen LogP contribution < -0.4 is 26.4 Å². The van der Waals surface area contributed by atoms with Gasteiger partial charge in [-0.2, -0.15) is 5.10 Å². The summed E-state index contributed by atoms with van der Waals surface area (Å²) >= 11 is 0. The van der Waals surface area contributed by atoms with Crippen molar-refractivity contribution in [1.29, 1.82) is 0 Å². The molecule has 0 radical (unpaired) electrons. The standard InChI is InChI=1S/C41H42F2N8O3/c1-24-17-32-34(48(2)41(24)54)6-3-7-35(32)50-14-4-5-25-19-30(31(39(42)43)20-37(25)50)27(21-44)22-45-28-12-15-49(16-13-28)29-8-9-33-26(18-29)23-46-51(33)36-10-11-38(52)47-40(36)53/h3,6-9,17-23,28,36,39H,4-5,10-16,44H2,1-2H3,(H,47,52,53)/b27-21+,45-22?. The molecule has 0 bridgehead atoms. The van der Waals surface area contributed by atoms with E-state index in [0.29, 0.717) is 29.7 Å². The number of piperidine rings is 2. The van der Waals surface area contributed by atoms with Crippen molar-refractivity contribution >= 4 is 62.5 Å². The Hall–Kier alpha value is -5.85. The minimum atomic E-state index is -2.73. The van der Waals surface area contributed by atoms with Crippen LogP contribution in [0.2, 0.25) is 0 Å². The molecule has 3 aliphatic heterocycles. The van der Waals surface area contributed by atoms with Crippen LogP contribution in [0, 0.1) is 6.92 Å². The first kappa shape index (κ1) is 35.2. The summed E-state index contributed by atoms with van der Waals surface area (Å²) in [6.07, 6.45) is 5.87. The second-order valence-electron chi connectivity index (χ2n) is 14.4. The number of carbonyl (C=O) groups excluding carboxylic acids is 2. The number of carbonyl (C=O) groups is 2. The van der Waals surface area contributed by atoms with E-state index in [-0.39, 0.29) is 35.4 Å². The summed E-state index contributed by atoms with van der Waals surface area (Å²) in [5, 5.41) is 8.69. The number of amides is 2. The normalized spacial score (nSPS) is 18.7. The summed E-state index contributed by atoms with van der Waals surface area (Å²) in [7, 11) is 1.75. The summed E-state index contributed by atoms with van der Waals surface area (Å²) in [6.45, 7) is 3.97. The molecule has 2 aromatic heterocycles. The molecule has 1 atom stereocenters. The molecule has 0 aliphatic carbocycles. The molecular weight excluding hydrogens is 691 g/mol. The van der Waals surface area contributed by atoms with Gasteiger partial charge < -0.3 is 20.1 Å². The third kappa shape index (κ3) is 6.31. The van der Waals surface area contributed by atoms with Gasteiger partial charge in [-0.1, -0.05) is 6.07 Å². The molecule has 2 saturated heterocycles. The maximum Gasteiger partial charge on any atom is 0.264 e. The zero-order chi connectivity index (χ0) is 37.7. The number of aliphatic imine (C=N–C) groups is 1. The Balaban J connectivity index is 0.994. The zero-order valence-electron chi connectivity index (χ0n) is 30.3. The number of halogens is 2. The highest BCUT2D eigenvalue weighted by Crippen LogP contribution is 2.42. The Kier molecular flexibility index (Phi) is 9.24. The van der Waals surface area contributed by atoms with Gasteiger partial charge >= 0.3 is 0 Å². The largest absolute Gasteiger partial charge is 0.404 e. The van der Waals surface area contributed by atoms with Gasteiger partial charge in [-0.25, -0.2) is 8.78 Å². The fourth-order valence-corrected chi connectivity index (χ4v) is 8.26. The smallest absolute Gasteiger partial charge is 0.264 e. The number of allylic oxidation sites excluding steroid dienone is 1. The molecular formula is C41H42F2N8O3. The van der Waals surface area contributed by atoms with Crippen LogP contribution in [0.4, 0.5) is 25.8 Å². The average molecular weight is 733 g/mol. The van der Waals surface area contributed by atoms with Crippen molar-refractivity contribution in [3.05, 3.63) is 99.6 Å². The second kappa shape index (κ2) is 14.2. The fourth-order valence-electron chi connectivity index (χ4n) is 8.26. The highest BCUT2D eigenvalue weighted by molar-refractivity contribution is 6.10. The molecule has 5 aromatic rings. The predicted molar refractivity (Wildman–Crippen MR) is 208 cm³/mol. The van der Waals surface area contributed by atoms with Crippen molar-refractivity contribution < 1.29 is 18.4 Å². The lowest BCUT2D eigenvalue weighted by Gasteiger charge is -2.34. The fraction of sp³-hybridized carbons (Fsp3) is 0.341. The number of alkyl halides is 2. The Morgan fingerprint density at radius 1 is 0.981 bits per heavy atom. The Bertz CT molecular complexity index is 2420. The lowest BCUT2D eigenvalue weighted by molar-refractivity contribution is -0.135. The molecule has 278 valence electrons. The van der Waals surface area contributed by atoms with E-state index >= 15 is 0 Å². The lowest BCUT2D eigenvalue weighted by Crippen LogP contribution is -2.42. The maximum absolute atomic E-state index is 14.8. The predicted octanol–water partition coefficient (Wildman–Crippen LogP) is 6.24. The van der Waals surface area contributed by atoms with Crippen LogP contribution in [-0.2, 0) is 23.1 Å². The number of nitrogens with zero attached hydrogens (tertiary/aromatic N) is 6. The van der Waals surface area contributed by atoms with Gasteiger partial charge in [-0.3, -0.25) is 29.4 Å². The van der Waals surface area contributed by atoms with Crippen LogP contribution in [0.1, 0.15) is 66.8 Å². The number of nitrogens with two attached hydrogens (primary N) is 1. The van der Waals surface area contributed by atoms with Gasteiger partial charge in [0.15, 0.2) is 0 Å². The first-order valence-electron chi connectivity index (χ1n) is 18.4. The minimum absolute atomic E-state index is 0.00380. The highest BCUT2D eigenvalue weighted by Gasteiger charge is 2.30. The number of aryl methyl sites for hydroxylation is 3. The van der Waals surface area contributed by atoms with Crippen molar-refractivity contribution in [2.75, 3.05) is 29.4 Å². The first-order chi connectivity index (χ1) is 26.1. The van der Waals surface area contributed by atoms with E-state index in [2.05, 4.69) is 26.3 Å². The summed E-state index contributed by atoms with van der Waals surface area (Å²) in [4.78, 5) is 46.0. The van der Waals surface area contributed by atoms with Gasteiger partial charge in [0.05, 0.1) is 29.0 Å². The lowest BCUT2D eigenvalue weighted by atomic mass is 9.91. The van der Waals surface area contributed by atoms with Crippen molar-refractivity contribution in [1.82, 2.24) is 19.7 Å². The molecule has 3 N–H and O–H groups in total. The van der Waals surface area contributed by atoms with E-state index in [0.717, 1.165) is 83.2 Å². The number of hydrogen-bond acceptors (Lipinski definition) is 8. The van der Waals surface area contributed by atoms with Crippen LogP contribution in [0.15, 0.2) is 76.8 Å². The number of imide groups is 1. The van der Waals surface area contributed by atoms with Gasteiger partial charge in [-0.15, -0.1) is 0 Å². The Morgan fingerprint density at radius 3 is 2.56 bits per heavy atom. The number of aromatic nitrogens is 3. The van der Waals surface area contributed by atoms with Gasteiger partial charge in [0.1, 0.15) is 6.04 Å². The van der Waals surface area contributed by atoms with E-state index in [9.17, 15) is 23.2 Å². The molecule has 0 spiro atoms. The molecule has 13 heteroatoms. The third-order valence-corrected chi connectivity index (χ3v) is 11.1. The number of hydrogen-bond donors (Lipinski definition) is 2. The van der Waals surface area contributed by atoms with Crippen molar-refractivity contribution in [3.8, 4) is 0 Å². The van der Waals surface area contributed by atoms with Crippen molar-refractivity contribution in [2.45, 2.75) is 64.0 Å². The van der Waals surface area contributed by atoms with Crippen molar-refractivity contribution in [3.63, 3.8) is 0 Å². The molecule has 8 rings (SSSR count). The van der Waals surface area contributed by atoms with E-state index in [4.69, 9.17) is 10.7 Å². The monoisotopic (exact) mass is 732 g/mol. The molecule has 11 nitrogen and oxygen atoms in total. The summed E-state index contributed by atoms with van der Waals surface area (Å²) in [6, 6.07) is 16.7. The maximum atomic E-state index is 14.8. The second-order valence-corrected chi connectivity index (χ2v) is 14.4. The van der Waals surface area contributed by atoms with Crippen LogP contribution >= 0.6 is 0 Å². The van der Waals surface area contributed by atoms with Crippen molar-refractivity contribution in [2.24, 2.45) is 17.8 Å². The molecule has 3 aromatic carbocycles. The Labute approximate surface area is 310 Å². The van der Waals surface area contributed by atoms with E-state index in [1.165, 1.54) is 6.20 Å². The van der Waals surface area contributed by atoms with Gasteiger partial charge in [-0.05, 0) is 98.7 Å². The molecule has 54 heavy (non-hydrogen) atoms. The summed E-state index contributed by atoms with van der Waals surface area (Å²) in [5.74, 6) is -0.590.